The number of carbonyl (C=O) groups excluding carboxylic acids is 4. The van der Waals surface area contributed by atoms with Gasteiger partial charge in [0.15, 0.2) is 12.2 Å². The monoisotopic (exact) mass is 1340 g/mol. The third-order valence-corrected chi connectivity index (χ3v) is 18.8. The van der Waals surface area contributed by atoms with E-state index in [2.05, 4.69) is 55.4 Å². The number of hydrogen-bond donors (Lipinski definition) is 3. The maximum absolute atomic E-state index is 13.0. The van der Waals surface area contributed by atoms with E-state index >= 15 is 0 Å². The Hall–Kier alpha value is -1.94. The van der Waals surface area contributed by atoms with E-state index in [1.54, 1.807) is 0 Å². The highest BCUT2D eigenvalue weighted by Crippen LogP contribution is 2.45. The molecule has 0 aliphatic carbocycles. The molecule has 0 radical (unpaired) electrons. The first kappa shape index (κ1) is 89.1. The van der Waals surface area contributed by atoms with Crippen LogP contribution in [0.1, 0.15) is 357 Å². The standard InChI is InChI=1S/C72H140O17P2/c1-9-65(8)51-43-35-25-21-17-12-10-11-13-18-22-26-36-44-52-69(74)82-58-67(88-71(76)54-46-38-27-23-19-15-14-16-20-24-32-40-48-62(2)3)60-86-90(78,79)84-56-66(73)57-85-91(80,81)87-61-68(89-72(77)55-47-39-31-29-34-42-50-64(6)7)59-83-70(75)53-45-37-30-28-33-41-49-63(4)5/h62-68,73H,9-61H2,1-8H3,(H,78,79)(H,80,81)/t65?,66-,67-,68-/m1/s1. The number of aliphatic hydroxyl groups excluding tert-OH is 1. The molecule has 19 heteroatoms. The number of unbranched alkanes of at least 4 members (excludes halogenated alkanes) is 34. The SMILES string of the molecule is CCC(C)CCCCCCCCCCCCCCCCC(=O)OC[C@H](COP(=O)(O)OC[C@@H](O)COP(=O)(O)OC[C@@H](COC(=O)CCCCCCCCC(C)C)OC(=O)CCCCCCCCC(C)C)OC(=O)CCCCCCCCCCCCCCC(C)C. The van der Waals surface area contributed by atoms with Gasteiger partial charge in [-0.25, -0.2) is 9.13 Å². The fourth-order valence-electron chi connectivity index (χ4n) is 10.8. The van der Waals surface area contributed by atoms with E-state index in [0.29, 0.717) is 37.5 Å². The lowest BCUT2D eigenvalue weighted by Gasteiger charge is -2.21. The third kappa shape index (κ3) is 65.1. The molecule has 540 valence electrons. The van der Waals surface area contributed by atoms with Gasteiger partial charge in [0.25, 0.3) is 0 Å². The van der Waals surface area contributed by atoms with Gasteiger partial charge in [-0.05, 0) is 49.4 Å². The molecule has 6 atom stereocenters. The van der Waals surface area contributed by atoms with E-state index in [0.717, 1.165) is 108 Å². The van der Waals surface area contributed by atoms with Gasteiger partial charge in [0.2, 0.25) is 0 Å². The summed E-state index contributed by atoms with van der Waals surface area (Å²) in [4.78, 5) is 72.5. The fourth-order valence-corrected chi connectivity index (χ4v) is 12.4. The number of ether oxygens (including phenoxy) is 4. The molecule has 0 aromatic carbocycles. The molecule has 91 heavy (non-hydrogen) atoms. The molecule has 3 unspecified atom stereocenters. The van der Waals surface area contributed by atoms with E-state index in [9.17, 15) is 43.2 Å². The Bertz CT molecular complexity index is 1800. The summed E-state index contributed by atoms with van der Waals surface area (Å²) in [6, 6.07) is 0. The summed E-state index contributed by atoms with van der Waals surface area (Å²) in [6.45, 7) is 14.1. The Morgan fingerprint density at radius 2 is 0.527 bits per heavy atom. The highest BCUT2D eigenvalue weighted by atomic mass is 31.2. The Labute approximate surface area is 556 Å². The summed E-state index contributed by atoms with van der Waals surface area (Å²) >= 11 is 0. The molecule has 0 aliphatic rings. The van der Waals surface area contributed by atoms with Crippen LogP contribution >= 0.6 is 15.6 Å². The van der Waals surface area contributed by atoms with Crippen LogP contribution < -0.4 is 0 Å². The van der Waals surface area contributed by atoms with E-state index in [1.807, 2.05) is 0 Å². The normalized spacial score (nSPS) is 14.5. The van der Waals surface area contributed by atoms with E-state index < -0.39 is 97.5 Å². The first-order valence-electron chi connectivity index (χ1n) is 37.2. The molecule has 3 N–H and O–H groups in total. The number of esters is 4. The van der Waals surface area contributed by atoms with Crippen molar-refractivity contribution in [3.05, 3.63) is 0 Å². The Balaban J connectivity index is 5.21. The van der Waals surface area contributed by atoms with Crippen molar-refractivity contribution < 1.29 is 80.2 Å². The third-order valence-electron chi connectivity index (χ3n) is 16.9. The molecule has 0 heterocycles. The first-order valence-corrected chi connectivity index (χ1v) is 40.2. The number of rotatable bonds is 69. The fraction of sp³-hybridized carbons (Fsp3) is 0.944. The molecule has 0 bridgehead atoms. The zero-order valence-corrected chi connectivity index (χ0v) is 61.3. The van der Waals surface area contributed by atoms with Crippen molar-refractivity contribution in [1.29, 1.82) is 0 Å². The zero-order valence-electron chi connectivity index (χ0n) is 59.5. The van der Waals surface area contributed by atoms with Crippen LogP contribution in [0.2, 0.25) is 0 Å². The van der Waals surface area contributed by atoms with Gasteiger partial charge in [0.05, 0.1) is 26.4 Å². The molecule has 0 rings (SSSR count). The predicted octanol–water partition coefficient (Wildman–Crippen LogP) is 20.5. The summed E-state index contributed by atoms with van der Waals surface area (Å²) in [6.07, 6.45) is 44.8. The maximum Gasteiger partial charge on any atom is 0.472 e. The van der Waals surface area contributed by atoms with E-state index in [1.165, 1.54) is 154 Å². The van der Waals surface area contributed by atoms with Gasteiger partial charge in [-0.1, -0.05) is 306 Å². The molecule has 0 fully saturated rings. The minimum absolute atomic E-state index is 0.101. The smallest absolute Gasteiger partial charge is 0.462 e. The van der Waals surface area contributed by atoms with Crippen molar-refractivity contribution in [2.75, 3.05) is 39.6 Å². The van der Waals surface area contributed by atoms with Crippen LogP contribution in [0.15, 0.2) is 0 Å². The molecule has 0 amide bonds. The van der Waals surface area contributed by atoms with Gasteiger partial charge in [0, 0.05) is 25.7 Å². The zero-order chi connectivity index (χ0) is 67.5. The summed E-state index contributed by atoms with van der Waals surface area (Å²) in [5.41, 5.74) is 0. The van der Waals surface area contributed by atoms with Crippen molar-refractivity contribution in [2.45, 2.75) is 375 Å². The van der Waals surface area contributed by atoms with Crippen LogP contribution in [-0.2, 0) is 65.4 Å². The average molecular weight is 1340 g/mol. The van der Waals surface area contributed by atoms with Crippen LogP contribution in [0.4, 0.5) is 0 Å². The second-order valence-electron chi connectivity index (χ2n) is 27.6. The summed E-state index contributed by atoms with van der Waals surface area (Å²) in [7, 11) is -9.90. The van der Waals surface area contributed by atoms with Gasteiger partial charge in [-0.3, -0.25) is 37.3 Å². The quantitative estimate of drug-likeness (QED) is 0.0222. The number of hydrogen-bond acceptors (Lipinski definition) is 15. The lowest BCUT2D eigenvalue weighted by Crippen LogP contribution is -2.30. The molecule has 0 aromatic rings. The second kappa shape index (κ2) is 61.6. The largest absolute Gasteiger partial charge is 0.472 e. The van der Waals surface area contributed by atoms with Crippen LogP contribution in [0, 0.1) is 23.7 Å². The molecule has 17 nitrogen and oxygen atoms in total. The van der Waals surface area contributed by atoms with Gasteiger partial charge in [-0.15, -0.1) is 0 Å². The minimum atomic E-state index is -4.95. The lowest BCUT2D eigenvalue weighted by atomic mass is 9.99. The van der Waals surface area contributed by atoms with Gasteiger partial charge in [-0.2, -0.15) is 0 Å². The van der Waals surface area contributed by atoms with Crippen molar-refractivity contribution in [3.8, 4) is 0 Å². The number of phosphoric acid groups is 2. The predicted molar refractivity (Wildman–Crippen MR) is 367 cm³/mol. The molecular weight excluding hydrogens is 1200 g/mol. The highest BCUT2D eigenvalue weighted by molar-refractivity contribution is 7.47. The summed E-state index contributed by atoms with van der Waals surface area (Å²) < 4.78 is 68.3. The topological polar surface area (TPSA) is 237 Å². The minimum Gasteiger partial charge on any atom is -0.462 e. The molecule has 0 spiro atoms. The maximum atomic E-state index is 13.0. The second-order valence-corrected chi connectivity index (χ2v) is 30.6. The number of aliphatic hydroxyl groups is 1. The Kier molecular flexibility index (Phi) is 60.3. The summed E-state index contributed by atoms with van der Waals surface area (Å²) in [5, 5.41) is 10.6. The lowest BCUT2D eigenvalue weighted by molar-refractivity contribution is -0.161. The Morgan fingerprint density at radius 3 is 0.780 bits per heavy atom. The van der Waals surface area contributed by atoms with Crippen molar-refractivity contribution in [1.82, 2.24) is 0 Å². The van der Waals surface area contributed by atoms with Crippen LogP contribution in [0.25, 0.3) is 0 Å². The molecular formula is C72H140O17P2. The van der Waals surface area contributed by atoms with Crippen molar-refractivity contribution >= 4 is 39.5 Å². The molecule has 0 aliphatic heterocycles. The van der Waals surface area contributed by atoms with E-state index in [-0.39, 0.29) is 25.7 Å². The molecule has 0 saturated heterocycles. The molecule has 0 aromatic heterocycles. The van der Waals surface area contributed by atoms with Crippen molar-refractivity contribution in [3.63, 3.8) is 0 Å². The Morgan fingerprint density at radius 1 is 0.308 bits per heavy atom. The van der Waals surface area contributed by atoms with Crippen molar-refractivity contribution in [2.24, 2.45) is 23.7 Å². The average Bonchev–Trinajstić information content (AvgIpc) is 3.17. The van der Waals surface area contributed by atoms with Crippen LogP contribution in [0.5, 0.6) is 0 Å². The van der Waals surface area contributed by atoms with Gasteiger partial charge < -0.3 is 33.8 Å². The van der Waals surface area contributed by atoms with Crippen LogP contribution in [0.3, 0.4) is 0 Å². The van der Waals surface area contributed by atoms with Gasteiger partial charge in [0.1, 0.15) is 19.3 Å². The van der Waals surface area contributed by atoms with Crippen LogP contribution in [-0.4, -0.2) is 96.7 Å². The number of phosphoric ester groups is 2. The highest BCUT2D eigenvalue weighted by Gasteiger charge is 2.30. The first-order chi connectivity index (χ1) is 43.6. The summed E-state index contributed by atoms with van der Waals surface area (Å²) in [5.74, 6) is 0.843. The number of carbonyl (C=O) groups is 4. The van der Waals surface area contributed by atoms with E-state index in [4.69, 9.17) is 37.0 Å². The molecule has 0 saturated carbocycles. The van der Waals surface area contributed by atoms with Gasteiger partial charge >= 0.3 is 39.5 Å².